The van der Waals surface area contributed by atoms with Gasteiger partial charge >= 0.3 is 0 Å². The molecule has 1 heteroatoms. The van der Waals surface area contributed by atoms with Gasteiger partial charge in [0.15, 0.2) is 0 Å². The fourth-order valence-corrected chi connectivity index (χ4v) is 7.52. The monoisotopic (exact) mass is 654 g/mol. The molecule has 0 saturated heterocycles. The summed E-state index contributed by atoms with van der Waals surface area (Å²) in [6.07, 6.45) is 0. The molecule has 238 valence electrons. The Morgan fingerprint density at radius 3 is 1.53 bits per heavy atom. The van der Waals surface area contributed by atoms with Gasteiger partial charge in [-0.25, -0.2) is 0 Å². The van der Waals surface area contributed by atoms with Crippen molar-refractivity contribution in [1.29, 1.82) is 0 Å². The van der Waals surface area contributed by atoms with Crippen molar-refractivity contribution in [3.63, 3.8) is 0 Å². The molecule has 0 saturated carbocycles. The molecular weight excluding hydrogens is 617 g/mol. The average molecular weight is 655 g/mol. The van der Waals surface area contributed by atoms with E-state index in [0.717, 1.165) is 54.9 Å². The van der Waals surface area contributed by atoms with Crippen molar-refractivity contribution in [2.75, 3.05) is 0 Å². The minimum Gasteiger partial charge on any atom is -0.456 e. The second-order valence-electron chi connectivity index (χ2n) is 12.7. The number of hydrogen-bond acceptors (Lipinski definition) is 1. The van der Waals surface area contributed by atoms with E-state index in [1.165, 1.54) is 0 Å². The highest BCUT2D eigenvalue weighted by atomic mass is 16.3. The SMILES string of the molecule is [2H]c1c(-c2ccccc2)c([2H])c2c(oc3c([2H])c([2H])c([2H])c(-c4c5ccccc5c(-c5ccc(-c6ccccc6)c(-c6ccccc6)c5)c5ccccc45)c32)c1[2H]. The average Bonchev–Trinajstić information content (AvgIpc) is 3.66. The van der Waals surface area contributed by atoms with E-state index in [-0.39, 0.29) is 58.4 Å². The molecule has 0 aliphatic heterocycles. The van der Waals surface area contributed by atoms with Gasteiger partial charge in [-0.1, -0.05) is 170 Å². The van der Waals surface area contributed by atoms with E-state index in [4.69, 9.17) is 9.90 Å². The lowest BCUT2D eigenvalue weighted by molar-refractivity contribution is 0.669. The molecule has 10 aromatic rings. The molecule has 1 heterocycles. The van der Waals surface area contributed by atoms with Crippen molar-refractivity contribution in [3.05, 3.63) is 194 Å². The van der Waals surface area contributed by atoms with Crippen LogP contribution in [0.4, 0.5) is 0 Å². The van der Waals surface area contributed by atoms with Crippen LogP contribution in [0.3, 0.4) is 0 Å². The first-order valence-corrected chi connectivity index (χ1v) is 17.0. The highest BCUT2D eigenvalue weighted by Gasteiger charge is 2.21. The van der Waals surface area contributed by atoms with Gasteiger partial charge < -0.3 is 4.42 Å². The maximum atomic E-state index is 9.58. The minimum absolute atomic E-state index is 0.00314. The first kappa shape index (κ1) is 23.6. The highest BCUT2D eigenvalue weighted by molar-refractivity contribution is 6.26. The quantitative estimate of drug-likeness (QED) is 0.168. The predicted molar refractivity (Wildman–Crippen MR) is 216 cm³/mol. The zero-order valence-corrected chi connectivity index (χ0v) is 27.4. The van der Waals surface area contributed by atoms with Crippen LogP contribution in [0.1, 0.15) is 8.22 Å². The Labute approximate surface area is 305 Å². The Kier molecular flexibility index (Phi) is 5.56. The molecule has 0 aliphatic rings. The fourth-order valence-electron chi connectivity index (χ4n) is 7.52. The Morgan fingerprint density at radius 2 is 0.902 bits per heavy atom. The van der Waals surface area contributed by atoms with E-state index < -0.39 is 0 Å². The van der Waals surface area contributed by atoms with E-state index in [0.29, 0.717) is 22.1 Å². The number of rotatable bonds is 5. The molecule has 0 radical (unpaired) electrons. The Bertz CT molecular complexity index is 3170. The third-order valence-corrected chi connectivity index (χ3v) is 9.79. The van der Waals surface area contributed by atoms with Gasteiger partial charge in [-0.2, -0.15) is 0 Å². The van der Waals surface area contributed by atoms with Gasteiger partial charge in [0.25, 0.3) is 0 Å². The van der Waals surface area contributed by atoms with Crippen molar-refractivity contribution in [1.82, 2.24) is 0 Å². The summed E-state index contributed by atoms with van der Waals surface area (Å²) in [5, 5.41) is 4.12. The maximum absolute atomic E-state index is 9.58. The molecule has 10 rings (SSSR count). The summed E-state index contributed by atoms with van der Waals surface area (Å²) in [6, 6.07) is 51.5. The molecule has 51 heavy (non-hydrogen) atoms. The van der Waals surface area contributed by atoms with Gasteiger partial charge in [-0.3, -0.25) is 0 Å². The van der Waals surface area contributed by atoms with Gasteiger partial charge in [0, 0.05) is 10.8 Å². The molecule has 0 N–H and O–H groups in total. The third kappa shape index (κ3) is 4.86. The molecule has 0 bridgehead atoms. The Balaban J connectivity index is 1.34. The van der Waals surface area contributed by atoms with Crippen LogP contribution in [-0.4, -0.2) is 0 Å². The van der Waals surface area contributed by atoms with Crippen LogP contribution in [0, 0.1) is 0 Å². The molecular formula is C50H32O. The largest absolute Gasteiger partial charge is 0.456 e. The zero-order chi connectivity index (χ0) is 38.9. The fraction of sp³-hybridized carbons (Fsp3) is 0. The van der Waals surface area contributed by atoms with Gasteiger partial charge in [-0.15, -0.1) is 0 Å². The Morgan fingerprint density at radius 1 is 0.353 bits per heavy atom. The molecule has 0 aliphatic carbocycles. The standard InChI is InChI=1S/C50H32O/c1-4-15-33(16-5-1)36-28-30-46-45(31-36)50-43(25-14-26-47(50)51-46)49-41-23-12-10-21-39(41)48(40-22-11-13-24-42(40)49)37-27-29-38(34-17-6-2-7-18-34)44(32-37)35-19-8-3-9-20-35/h1-32H/i14D,25D,26D,28D,30D,31D. The smallest absolute Gasteiger partial charge is 0.136 e. The summed E-state index contributed by atoms with van der Waals surface area (Å²) < 4.78 is 61.5. The van der Waals surface area contributed by atoms with Crippen molar-refractivity contribution in [2.24, 2.45) is 0 Å². The van der Waals surface area contributed by atoms with Crippen molar-refractivity contribution in [3.8, 4) is 55.6 Å². The van der Waals surface area contributed by atoms with E-state index in [9.17, 15) is 2.74 Å². The number of hydrogen-bond donors (Lipinski definition) is 0. The van der Waals surface area contributed by atoms with Crippen LogP contribution >= 0.6 is 0 Å². The first-order chi connectivity index (χ1) is 27.8. The summed E-state index contributed by atoms with van der Waals surface area (Å²) >= 11 is 0. The molecule has 0 fully saturated rings. The lowest BCUT2D eigenvalue weighted by Crippen LogP contribution is -1.93. The van der Waals surface area contributed by atoms with Crippen LogP contribution in [0.2, 0.25) is 0 Å². The first-order valence-electron chi connectivity index (χ1n) is 20.0. The number of furan rings is 1. The summed E-state index contributed by atoms with van der Waals surface area (Å²) in [5.74, 6) is 0. The van der Waals surface area contributed by atoms with Gasteiger partial charge in [0.05, 0.1) is 8.22 Å². The molecule has 0 unspecified atom stereocenters. The lowest BCUT2D eigenvalue weighted by atomic mass is 9.83. The van der Waals surface area contributed by atoms with Gasteiger partial charge in [0.1, 0.15) is 11.2 Å². The van der Waals surface area contributed by atoms with E-state index in [1.807, 2.05) is 78.9 Å². The minimum atomic E-state index is -0.315. The predicted octanol–water partition coefficient (Wildman–Crippen LogP) is 14.2. The maximum Gasteiger partial charge on any atom is 0.136 e. The summed E-state index contributed by atoms with van der Waals surface area (Å²) in [7, 11) is 0. The van der Waals surface area contributed by atoms with Crippen LogP contribution in [0.5, 0.6) is 0 Å². The van der Waals surface area contributed by atoms with Crippen molar-refractivity contribution in [2.45, 2.75) is 0 Å². The molecule has 1 aromatic heterocycles. The lowest BCUT2D eigenvalue weighted by Gasteiger charge is -2.19. The molecule has 9 aromatic carbocycles. The van der Waals surface area contributed by atoms with Crippen LogP contribution < -0.4 is 0 Å². The van der Waals surface area contributed by atoms with E-state index >= 15 is 0 Å². The second-order valence-corrected chi connectivity index (χ2v) is 12.7. The summed E-state index contributed by atoms with van der Waals surface area (Å²) in [5.41, 5.74) is 8.41. The number of fused-ring (bicyclic) bond motifs is 5. The third-order valence-electron chi connectivity index (χ3n) is 9.79. The van der Waals surface area contributed by atoms with Crippen LogP contribution in [0.25, 0.3) is 99.1 Å². The zero-order valence-electron chi connectivity index (χ0n) is 33.4. The van der Waals surface area contributed by atoms with Crippen molar-refractivity contribution >= 4 is 43.5 Å². The topological polar surface area (TPSA) is 13.1 Å². The molecule has 0 atom stereocenters. The van der Waals surface area contributed by atoms with Gasteiger partial charge in [0.2, 0.25) is 0 Å². The van der Waals surface area contributed by atoms with Crippen molar-refractivity contribution < 1.29 is 12.6 Å². The normalized spacial score (nSPS) is 13.2. The molecule has 0 amide bonds. The van der Waals surface area contributed by atoms with Gasteiger partial charge in [-0.05, 0) is 101 Å². The molecule has 0 spiro atoms. The van der Waals surface area contributed by atoms with E-state index in [2.05, 4.69) is 78.9 Å². The summed E-state index contributed by atoms with van der Waals surface area (Å²) in [6.45, 7) is 0. The Hall–Kier alpha value is -6.70. The van der Waals surface area contributed by atoms with E-state index in [1.54, 1.807) is 0 Å². The number of benzene rings is 9. The summed E-state index contributed by atoms with van der Waals surface area (Å²) in [4.78, 5) is 0. The second kappa shape index (κ2) is 12.0. The molecule has 1 nitrogen and oxygen atoms in total. The van der Waals surface area contributed by atoms with Crippen LogP contribution in [0.15, 0.2) is 198 Å². The highest BCUT2D eigenvalue weighted by Crippen LogP contribution is 2.48. The van der Waals surface area contributed by atoms with Crippen LogP contribution in [-0.2, 0) is 0 Å².